The second-order valence-corrected chi connectivity index (χ2v) is 7.33. The number of hydrogen-bond acceptors (Lipinski definition) is 3. The van der Waals surface area contributed by atoms with Crippen LogP contribution in [0, 0.1) is 13.8 Å². The average molecular weight is 358 g/mol. The lowest BCUT2D eigenvalue weighted by Gasteiger charge is -2.08. The molecule has 128 valence electrons. The van der Waals surface area contributed by atoms with Gasteiger partial charge in [0.1, 0.15) is 0 Å². The van der Waals surface area contributed by atoms with Gasteiger partial charge < -0.3 is 5.32 Å². The zero-order chi connectivity index (χ0) is 18.1. The number of aryl methyl sites for hydroxylation is 2. The van der Waals surface area contributed by atoms with Crippen LogP contribution in [-0.2, 0) is 0 Å². The first-order chi connectivity index (χ1) is 12.6. The van der Waals surface area contributed by atoms with Crippen LogP contribution in [-0.4, -0.2) is 10.9 Å². The molecule has 0 radical (unpaired) electrons. The van der Waals surface area contributed by atoms with Crippen LogP contribution in [0.2, 0.25) is 0 Å². The molecule has 0 unspecified atom stereocenters. The van der Waals surface area contributed by atoms with Gasteiger partial charge in [0, 0.05) is 11.3 Å². The van der Waals surface area contributed by atoms with E-state index in [0.717, 1.165) is 21.5 Å². The summed E-state index contributed by atoms with van der Waals surface area (Å²) in [7, 11) is 0. The van der Waals surface area contributed by atoms with E-state index in [-0.39, 0.29) is 5.91 Å². The molecule has 1 heterocycles. The lowest BCUT2D eigenvalue weighted by molar-refractivity contribution is 0.102. The number of hydrogen-bond donors (Lipinski definition) is 1. The van der Waals surface area contributed by atoms with Crippen LogP contribution in [0.3, 0.4) is 0 Å². The van der Waals surface area contributed by atoms with E-state index in [1.807, 2.05) is 36.4 Å². The molecule has 4 aromatic rings. The highest BCUT2D eigenvalue weighted by Crippen LogP contribution is 2.24. The van der Waals surface area contributed by atoms with Crippen molar-refractivity contribution in [1.82, 2.24) is 4.98 Å². The first-order valence-electron chi connectivity index (χ1n) is 8.42. The van der Waals surface area contributed by atoms with E-state index in [1.54, 1.807) is 11.6 Å². The molecule has 0 aliphatic heterocycles. The maximum atomic E-state index is 12.5. The number of anilines is 1. The number of carbonyl (C=O) groups excluding carboxylic acids is 1. The largest absolute Gasteiger partial charge is 0.322 e. The van der Waals surface area contributed by atoms with Gasteiger partial charge in [-0.05, 0) is 55.3 Å². The van der Waals surface area contributed by atoms with Crippen molar-refractivity contribution in [2.45, 2.75) is 13.8 Å². The first kappa shape index (κ1) is 16.5. The number of carbonyl (C=O) groups is 1. The Kier molecular flexibility index (Phi) is 4.27. The van der Waals surface area contributed by atoms with Gasteiger partial charge in [0.05, 0.1) is 15.7 Å². The van der Waals surface area contributed by atoms with Gasteiger partial charge in [0.2, 0.25) is 0 Å². The predicted molar refractivity (Wildman–Crippen MR) is 109 cm³/mol. The Bertz CT molecular complexity index is 1080. The summed E-state index contributed by atoms with van der Waals surface area (Å²) in [4.78, 5) is 16.7. The van der Waals surface area contributed by atoms with Crippen molar-refractivity contribution in [1.29, 1.82) is 0 Å². The molecule has 1 aromatic heterocycles. The van der Waals surface area contributed by atoms with E-state index in [2.05, 4.69) is 42.3 Å². The minimum Gasteiger partial charge on any atom is -0.322 e. The van der Waals surface area contributed by atoms with E-state index in [0.29, 0.717) is 5.56 Å². The fourth-order valence-electron chi connectivity index (χ4n) is 3.09. The molecular weight excluding hydrogens is 340 g/mol. The van der Waals surface area contributed by atoms with Gasteiger partial charge in [-0.25, -0.2) is 4.98 Å². The van der Waals surface area contributed by atoms with Crippen LogP contribution in [0.15, 0.2) is 66.2 Å². The molecule has 1 amide bonds. The van der Waals surface area contributed by atoms with E-state index >= 15 is 0 Å². The molecule has 26 heavy (non-hydrogen) atoms. The van der Waals surface area contributed by atoms with Crippen LogP contribution in [0.5, 0.6) is 0 Å². The van der Waals surface area contributed by atoms with Gasteiger partial charge in [-0.1, -0.05) is 41.5 Å². The number of nitrogens with zero attached hydrogens (tertiary/aromatic N) is 1. The zero-order valence-corrected chi connectivity index (χ0v) is 15.4. The zero-order valence-electron chi connectivity index (χ0n) is 14.6. The highest BCUT2D eigenvalue weighted by atomic mass is 32.1. The summed E-state index contributed by atoms with van der Waals surface area (Å²) in [6, 6.07) is 20.0. The quantitative estimate of drug-likeness (QED) is 0.500. The van der Waals surface area contributed by atoms with E-state index in [4.69, 9.17) is 0 Å². The summed E-state index contributed by atoms with van der Waals surface area (Å²) < 4.78 is 1.02. The maximum absolute atomic E-state index is 12.5. The van der Waals surface area contributed by atoms with Gasteiger partial charge >= 0.3 is 0 Å². The standard InChI is InChI=1S/C22H18N2OS/c1-14-9-15(2)11-18(10-14)16-3-6-19(7-4-16)24-22(25)17-5-8-20-21(12-17)26-13-23-20/h3-13H,1-2H3,(H,24,25). The molecule has 0 aliphatic rings. The first-order valence-corrected chi connectivity index (χ1v) is 9.30. The summed E-state index contributed by atoms with van der Waals surface area (Å²) in [6.45, 7) is 4.20. The Balaban J connectivity index is 1.54. The van der Waals surface area contributed by atoms with Crippen LogP contribution in [0.4, 0.5) is 5.69 Å². The molecule has 3 nitrogen and oxygen atoms in total. The summed E-state index contributed by atoms with van der Waals surface area (Å²) in [6.07, 6.45) is 0. The van der Waals surface area contributed by atoms with Crippen molar-refractivity contribution in [3.05, 3.63) is 82.9 Å². The molecule has 4 heteroatoms. The summed E-state index contributed by atoms with van der Waals surface area (Å²) in [5.74, 6) is -0.112. The normalized spacial score (nSPS) is 10.8. The van der Waals surface area contributed by atoms with Crippen molar-refractivity contribution in [2.24, 2.45) is 0 Å². The van der Waals surface area contributed by atoms with Crippen molar-refractivity contribution in [2.75, 3.05) is 5.32 Å². The third kappa shape index (κ3) is 3.37. The molecule has 0 aliphatic carbocycles. The molecule has 4 rings (SSSR count). The Labute approximate surface area is 156 Å². The van der Waals surface area contributed by atoms with E-state index in [1.165, 1.54) is 28.0 Å². The van der Waals surface area contributed by atoms with E-state index in [9.17, 15) is 4.79 Å². The van der Waals surface area contributed by atoms with Crippen molar-refractivity contribution in [3.63, 3.8) is 0 Å². The van der Waals surface area contributed by atoms with Gasteiger partial charge in [0.15, 0.2) is 0 Å². The maximum Gasteiger partial charge on any atom is 0.255 e. The molecule has 1 N–H and O–H groups in total. The fraction of sp³-hybridized carbons (Fsp3) is 0.0909. The minimum absolute atomic E-state index is 0.112. The number of fused-ring (bicyclic) bond motifs is 1. The van der Waals surface area contributed by atoms with Gasteiger partial charge in [-0.3, -0.25) is 4.79 Å². The van der Waals surface area contributed by atoms with Crippen molar-refractivity contribution < 1.29 is 4.79 Å². The molecular formula is C22H18N2OS. The highest BCUT2D eigenvalue weighted by Gasteiger charge is 2.08. The predicted octanol–water partition coefficient (Wildman–Crippen LogP) is 5.83. The third-order valence-corrected chi connectivity index (χ3v) is 5.08. The Morgan fingerprint density at radius 3 is 2.35 bits per heavy atom. The van der Waals surface area contributed by atoms with Crippen molar-refractivity contribution >= 4 is 33.1 Å². The SMILES string of the molecule is Cc1cc(C)cc(-c2ccc(NC(=O)c3ccc4ncsc4c3)cc2)c1. The number of nitrogens with one attached hydrogen (secondary N) is 1. The lowest BCUT2D eigenvalue weighted by Crippen LogP contribution is -2.11. The van der Waals surface area contributed by atoms with Crippen LogP contribution >= 0.6 is 11.3 Å². The molecule has 0 spiro atoms. The minimum atomic E-state index is -0.112. The van der Waals surface area contributed by atoms with Crippen LogP contribution < -0.4 is 5.32 Å². The molecule has 0 fully saturated rings. The van der Waals surface area contributed by atoms with Gasteiger partial charge in [-0.2, -0.15) is 0 Å². The number of amides is 1. The highest BCUT2D eigenvalue weighted by molar-refractivity contribution is 7.16. The molecule has 0 saturated heterocycles. The molecule has 3 aromatic carbocycles. The Hall–Kier alpha value is -2.98. The molecule has 0 atom stereocenters. The Morgan fingerprint density at radius 1 is 0.885 bits per heavy atom. The molecule has 0 bridgehead atoms. The number of aromatic nitrogens is 1. The monoisotopic (exact) mass is 358 g/mol. The second-order valence-electron chi connectivity index (χ2n) is 6.44. The van der Waals surface area contributed by atoms with E-state index < -0.39 is 0 Å². The van der Waals surface area contributed by atoms with Crippen molar-refractivity contribution in [3.8, 4) is 11.1 Å². The Morgan fingerprint density at radius 2 is 1.62 bits per heavy atom. The smallest absolute Gasteiger partial charge is 0.255 e. The average Bonchev–Trinajstić information content (AvgIpc) is 3.09. The summed E-state index contributed by atoms with van der Waals surface area (Å²) in [5.41, 5.74) is 8.96. The van der Waals surface area contributed by atoms with Gasteiger partial charge in [0.25, 0.3) is 5.91 Å². The number of rotatable bonds is 3. The van der Waals surface area contributed by atoms with Gasteiger partial charge in [-0.15, -0.1) is 11.3 Å². The fourth-order valence-corrected chi connectivity index (χ4v) is 3.80. The van der Waals surface area contributed by atoms with Crippen LogP contribution in [0.1, 0.15) is 21.5 Å². The second kappa shape index (κ2) is 6.73. The van der Waals surface area contributed by atoms with Crippen LogP contribution in [0.25, 0.3) is 21.3 Å². The number of benzene rings is 3. The third-order valence-electron chi connectivity index (χ3n) is 4.29. The summed E-state index contributed by atoms with van der Waals surface area (Å²) >= 11 is 1.54. The topological polar surface area (TPSA) is 42.0 Å². The molecule has 0 saturated carbocycles. The summed E-state index contributed by atoms with van der Waals surface area (Å²) in [5, 5.41) is 2.96. The lowest BCUT2D eigenvalue weighted by atomic mass is 10.0. The number of thiazole rings is 1.